The van der Waals surface area contributed by atoms with E-state index in [2.05, 4.69) is 39.8 Å². The molecule has 0 aliphatic heterocycles. The van der Waals surface area contributed by atoms with Crippen LogP contribution < -0.4 is 0 Å². The topological polar surface area (TPSA) is 47.6 Å². The molecule has 0 spiro atoms. The monoisotopic (exact) mass is 226 g/mol. The molecular formula is C15H18N2. The van der Waals surface area contributed by atoms with E-state index in [1.54, 1.807) is 0 Å². The fourth-order valence-electron chi connectivity index (χ4n) is 2.03. The molecule has 2 heteroatoms. The van der Waals surface area contributed by atoms with Gasteiger partial charge >= 0.3 is 0 Å². The molecule has 0 N–H and O–H groups in total. The van der Waals surface area contributed by atoms with Crippen LogP contribution in [0.3, 0.4) is 0 Å². The van der Waals surface area contributed by atoms with Crippen LogP contribution in [0.2, 0.25) is 0 Å². The SMILES string of the molecule is CC(C)c1cc(CC#N)c(C(C)C)cc1C#N. The summed E-state index contributed by atoms with van der Waals surface area (Å²) in [7, 11) is 0. The van der Waals surface area contributed by atoms with Gasteiger partial charge in [-0.2, -0.15) is 10.5 Å². The van der Waals surface area contributed by atoms with E-state index in [0.29, 0.717) is 18.3 Å². The molecule has 0 bridgehead atoms. The molecule has 0 radical (unpaired) electrons. The third-order valence-electron chi connectivity index (χ3n) is 2.95. The van der Waals surface area contributed by atoms with E-state index < -0.39 is 0 Å². The second-order valence-electron chi connectivity index (χ2n) is 4.89. The van der Waals surface area contributed by atoms with Gasteiger partial charge in [0.05, 0.1) is 24.1 Å². The Bertz CT molecular complexity index is 485. The quantitative estimate of drug-likeness (QED) is 0.785. The molecule has 0 saturated carbocycles. The minimum absolute atomic E-state index is 0.309. The van der Waals surface area contributed by atoms with Crippen molar-refractivity contribution in [1.29, 1.82) is 10.5 Å². The van der Waals surface area contributed by atoms with Gasteiger partial charge in [0, 0.05) is 0 Å². The first-order valence-electron chi connectivity index (χ1n) is 5.95. The van der Waals surface area contributed by atoms with E-state index in [1.165, 1.54) is 0 Å². The third kappa shape index (κ3) is 2.86. The van der Waals surface area contributed by atoms with Crippen LogP contribution in [0, 0.1) is 22.7 Å². The molecule has 0 unspecified atom stereocenters. The van der Waals surface area contributed by atoms with E-state index >= 15 is 0 Å². The first kappa shape index (κ1) is 13.3. The Morgan fingerprint density at radius 1 is 1.00 bits per heavy atom. The lowest BCUT2D eigenvalue weighted by Crippen LogP contribution is -2.02. The van der Waals surface area contributed by atoms with Crippen molar-refractivity contribution in [3.05, 3.63) is 34.4 Å². The van der Waals surface area contributed by atoms with E-state index in [-0.39, 0.29) is 0 Å². The van der Waals surface area contributed by atoms with Crippen LogP contribution in [0.25, 0.3) is 0 Å². The van der Waals surface area contributed by atoms with Crippen LogP contribution in [0.4, 0.5) is 0 Å². The smallest absolute Gasteiger partial charge is 0.0994 e. The van der Waals surface area contributed by atoms with Crippen molar-refractivity contribution in [2.45, 2.75) is 46.0 Å². The van der Waals surface area contributed by atoms with Crippen molar-refractivity contribution in [3.8, 4) is 12.1 Å². The molecule has 1 aromatic carbocycles. The summed E-state index contributed by atoms with van der Waals surface area (Å²) in [6.45, 7) is 8.32. The largest absolute Gasteiger partial charge is 0.198 e. The first-order chi connectivity index (χ1) is 8.01. The van der Waals surface area contributed by atoms with E-state index in [9.17, 15) is 5.26 Å². The first-order valence-corrected chi connectivity index (χ1v) is 5.95. The lowest BCUT2D eigenvalue weighted by molar-refractivity contribution is 0.827. The summed E-state index contributed by atoms with van der Waals surface area (Å²) in [5.74, 6) is 0.648. The highest BCUT2D eigenvalue weighted by Crippen LogP contribution is 2.28. The summed E-state index contributed by atoms with van der Waals surface area (Å²) in [6.07, 6.45) is 0.416. The van der Waals surface area contributed by atoms with Crippen LogP contribution in [-0.2, 0) is 6.42 Å². The molecule has 0 fully saturated rings. The summed E-state index contributed by atoms with van der Waals surface area (Å²) in [5, 5.41) is 18.0. The second kappa shape index (κ2) is 5.51. The normalized spacial score (nSPS) is 10.4. The fourth-order valence-corrected chi connectivity index (χ4v) is 2.03. The predicted molar refractivity (Wildman–Crippen MR) is 68.7 cm³/mol. The zero-order chi connectivity index (χ0) is 13.0. The van der Waals surface area contributed by atoms with Crippen LogP contribution in [-0.4, -0.2) is 0 Å². The van der Waals surface area contributed by atoms with E-state index in [4.69, 9.17) is 5.26 Å². The molecule has 1 aromatic rings. The van der Waals surface area contributed by atoms with Crippen molar-refractivity contribution in [2.24, 2.45) is 0 Å². The van der Waals surface area contributed by atoms with Crippen LogP contribution in [0.15, 0.2) is 12.1 Å². The summed E-state index contributed by atoms with van der Waals surface area (Å²) in [4.78, 5) is 0. The predicted octanol–water partition coefficient (Wildman–Crippen LogP) is 3.87. The van der Waals surface area contributed by atoms with Gasteiger partial charge in [-0.1, -0.05) is 33.8 Å². The number of benzene rings is 1. The van der Waals surface area contributed by atoms with E-state index in [0.717, 1.165) is 22.3 Å². The summed E-state index contributed by atoms with van der Waals surface area (Å²) >= 11 is 0. The molecule has 0 amide bonds. The van der Waals surface area contributed by atoms with E-state index in [1.807, 2.05) is 12.1 Å². The van der Waals surface area contributed by atoms with Crippen molar-refractivity contribution >= 4 is 0 Å². The van der Waals surface area contributed by atoms with Crippen LogP contribution in [0.5, 0.6) is 0 Å². The molecular weight excluding hydrogens is 208 g/mol. The molecule has 0 saturated heterocycles. The molecule has 0 aliphatic rings. The van der Waals surface area contributed by atoms with Gasteiger partial charge in [0.15, 0.2) is 0 Å². The Labute approximate surface area is 104 Å². The molecule has 1 rings (SSSR count). The molecule has 88 valence electrons. The Morgan fingerprint density at radius 2 is 1.59 bits per heavy atom. The minimum atomic E-state index is 0.309. The van der Waals surface area contributed by atoms with Gasteiger partial charge in [0.2, 0.25) is 0 Å². The maximum absolute atomic E-state index is 9.18. The van der Waals surface area contributed by atoms with Gasteiger partial charge in [-0.05, 0) is 34.6 Å². The number of nitriles is 2. The van der Waals surface area contributed by atoms with Crippen LogP contribution in [0.1, 0.15) is 61.8 Å². The minimum Gasteiger partial charge on any atom is -0.198 e. The maximum Gasteiger partial charge on any atom is 0.0994 e. The number of hydrogen-bond donors (Lipinski definition) is 0. The van der Waals surface area contributed by atoms with Gasteiger partial charge < -0.3 is 0 Å². The molecule has 0 atom stereocenters. The highest BCUT2D eigenvalue weighted by atomic mass is 14.3. The molecule has 0 heterocycles. The zero-order valence-corrected chi connectivity index (χ0v) is 10.9. The third-order valence-corrected chi connectivity index (χ3v) is 2.95. The van der Waals surface area contributed by atoms with Gasteiger partial charge in [0.1, 0.15) is 0 Å². The number of nitrogens with zero attached hydrogens (tertiary/aromatic N) is 2. The molecule has 17 heavy (non-hydrogen) atoms. The fraction of sp³-hybridized carbons (Fsp3) is 0.467. The summed E-state index contributed by atoms with van der Waals surface area (Å²) in [6, 6.07) is 8.44. The van der Waals surface area contributed by atoms with Gasteiger partial charge in [-0.3, -0.25) is 0 Å². The average Bonchev–Trinajstić information content (AvgIpc) is 2.28. The summed E-state index contributed by atoms with van der Waals surface area (Å²) in [5.41, 5.74) is 3.96. The Morgan fingerprint density at radius 3 is 2.00 bits per heavy atom. The zero-order valence-electron chi connectivity index (χ0n) is 10.9. The highest BCUT2D eigenvalue weighted by Gasteiger charge is 2.14. The molecule has 2 nitrogen and oxygen atoms in total. The molecule has 0 aliphatic carbocycles. The average molecular weight is 226 g/mol. The maximum atomic E-state index is 9.18. The Kier molecular flexibility index (Phi) is 4.30. The lowest BCUT2D eigenvalue weighted by Gasteiger charge is -2.16. The number of rotatable bonds is 3. The van der Waals surface area contributed by atoms with Gasteiger partial charge in [0.25, 0.3) is 0 Å². The van der Waals surface area contributed by atoms with Crippen molar-refractivity contribution in [1.82, 2.24) is 0 Å². The van der Waals surface area contributed by atoms with Crippen molar-refractivity contribution in [3.63, 3.8) is 0 Å². The Hall–Kier alpha value is -1.80. The summed E-state index contributed by atoms with van der Waals surface area (Å²) < 4.78 is 0. The van der Waals surface area contributed by atoms with Crippen LogP contribution >= 0.6 is 0 Å². The lowest BCUT2D eigenvalue weighted by atomic mass is 9.87. The molecule has 0 aromatic heterocycles. The standard InChI is InChI=1S/C15H18N2/c1-10(2)14-8-13(9-17)15(11(3)4)7-12(14)5-6-16/h7-8,10-11H,5H2,1-4H3. The van der Waals surface area contributed by atoms with Crippen molar-refractivity contribution < 1.29 is 0 Å². The second-order valence-corrected chi connectivity index (χ2v) is 4.89. The number of hydrogen-bond acceptors (Lipinski definition) is 2. The van der Waals surface area contributed by atoms with Gasteiger partial charge in [-0.25, -0.2) is 0 Å². The van der Waals surface area contributed by atoms with Gasteiger partial charge in [-0.15, -0.1) is 0 Å². The van der Waals surface area contributed by atoms with Crippen molar-refractivity contribution in [2.75, 3.05) is 0 Å². The Balaban J connectivity index is 3.44. The highest BCUT2D eigenvalue weighted by molar-refractivity contribution is 5.48.